The van der Waals surface area contributed by atoms with Gasteiger partial charge in [-0.2, -0.15) is 0 Å². The first-order valence-electron chi connectivity index (χ1n) is 5.47. The molecule has 1 unspecified atom stereocenters. The highest BCUT2D eigenvalue weighted by atomic mass is 35.5. The van der Waals surface area contributed by atoms with Crippen LogP contribution in [0, 0.1) is 0 Å². The Hall–Kier alpha value is -0.810. The van der Waals surface area contributed by atoms with Crippen LogP contribution in [0.5, 0.6) is 0 Å². The highest BCUT2D eigenvalue weighted by Crippen LogP contribution is 2.13. The van der Waals surface area contributed by atoms with E-state index < -0.39 is 6.03 Å². The van der Waals surface area contributed by atoms with Crippen LogP contribution < -0.4 is 10.6 Å². The van der Waals surface area contributed by atoms with Gasteiger partial charge in [-0.15, -0.1) is 11.6 Å². The number of urea groups is 1. The zero-order valence-electron chi connectivity index (χ0n) is 9.46. The summed E-state index contributed by atoms with van der Waals surface area (Å²) < 4.78 is 0. The van der Waals surface area contributed by atoms with Crippen molar-refractivity contribution in [3.8, 4) is 0 Å². The third-order valence-electron chi connectivity index (χ3n) is 2.74. The predicted molar refractivity (Wildman–Crippen MR) is 62.5 cm³/mol. The Morgan fingerprint density at radius 2 is 2.25 bits per heavy atom. The van der Waals surface area contributed by atoms with Gasteiger partial charge in [-0.1, -0.05) is 0 Å². The Kier molecular flexibility index (Phi) is 5.55. The van der Waals surface area contributed by atoms with E-state index in [1.54, 1.807) is 0 Å². The summed E-state index contributed by atoms with van der Waals surface area (Å²) in [6.45, 7) is 1.65. The average molecular weight is 248 g/mol. The molecule has 0 aromatic heterocycles. The maximum Gasteiger partial charge on any atom is 0.321 e. The third kappa shape index (κ3) is 4.37. The van der Waals surface area contributed by atoms with Gasteiger partial charge in [0.05, 0.1) is 0 Å². The second kappa shape index (κ2) is 6.70. The molecule has 0 aliphatic carbocycles. The zero-order chi connectivity index (χ0) is 12.0. The average Bonchev–Trinajstić information content (AvgIpc) is 2.61. The molecule has 1 aliphatic rings. The first-order valence-corrected chi connectivity index (χ1v) is 6.01. The summed E-state index contributed by atoms with van der Waals surface area (Å²) in [4.78, 5) is 24.5. The molecule has 0 spiro atoms. The van der Waals surface area contributed by atoms with Crippen LogP contribution in [0.3, 0.4) is 0 Å². The number of halogens is 1. The minimum atomic E-state index is -0.435. The van der Waals surface area contributed by atoms with Crippen LogP contribution in [0.1, 0.15) is 19.3 Å². The molecule has 92 valence electrons. The second-order valence-corrected chi connectivity index (χ2v) is 4.35. The molecular weight excluding hydrogens is 230 g/mol. The largest absolute Gasteiger partial charge is 0.336 e. The van der Waals surface area contributed by atoms with Gasteiger partial charge in [0.1, 0.15) is 0 Å². The Morgan fingerprint density at radius 1 is 1.50 bits per heavy atom. The lowest BCUT2D eigenvalue weighted by atomic mass is 10.2. The van der Waals surface area contributed by atoms with E-state index in [-0.39, 0.29) is 18.2 Å². The molecular formula is C10H18ClN3O2. The molecule has 0 radical (unpaired) electrons. The van der Waals surface area contributed by atoms with Gasteiger partial charge in [-0.05, 0) is 26.4 Å². The van der Waals surface area contributed by atoms with Gasteiger partial charge in [-0.25, -0.2) is 4.79 Å². The summed E-state index contributed by atoms with van der Waals surface area (Å²) in [7, 11) is 2.04. The van der Waals surface area contributed by atoms with E-state index in [0.29, 0.717) is 12.6 Å². The van der Waals surface area contributed by atoms with Gasteiger partial charge >= 0.3 is 6.03 Å². The first-order chi connectivity index (χ1) is 7.63. The molecule has 1 aliphatic heterocycles. The SMILES string of the molecule is CN1CCCC1CNC(=O)NC(=O)CCCl. The number of nitrogens with zero attached hydrogens (tertiary/aromatic N) is 1. The molecule has 1 atom stereocenters. The summed E-state index contributed by atoms with van der Waals surface area (Å²) in [5.41, 5.74) is 0. The second-order valence-electron chi connectivity index (χ2n) is 3.97. The van der Waals surface area contributed by atoms with E-state index in [9.17, 15) is 9.59 Å². The van der Waals surface area contributed by atoms with Gasteiger partial charge in [0.2, 0.25) is 5.91 Å². The van der Waals surface area contributed by atoms with Crippen LogP contribution in [-0.4, -0.2) is 48.9 Å². The molecule has 16 heavy (non-hydrogen) atoms. The normalized spacial score (nSPS) is 20.8. The highest BCUT2D eigenvalue weighted by Gasteiger charge is 2.21. The minimum Gasteiger partial charge on any atom is -0.336 e. The minimum absolute atomic E-state index is 0.165. The molecule has 6 heteroatoms. The lowest BCUT2D eigenvalue weighted by Gasteiger charge is -2.19. The fourth-order valence-corrected chi connectivity index (χ4v) is 1.94. The maximum absolute atomic E-state index is 11.3. The van der Waals surface area contributed by atoms with Crippen LogP contribution in [0.25, 0.3) is 0 Å². The number of likely N-dealkylation sites (tertiary alicyclic amines) is 1. The number of hydrogen-bond acceptors (Lipinski definition) is 3. The van der Waals surface area contributed by atoms with Crippen LogP contribution in [0.2, 0.25) is 0 Å². The molecule has 3 amide bonds. The van der Waals surface area contributed by atoms with E-state index in [4.69, 9.17) is 11.6 Å². The lowest BCUT2D eigenvalue weighted by Crippen LogP contribution is -2.44. The standard InChI is InChI=1S/C10H18ClN3O2/c1-14-6-2-3-8(14)7-12-10(16)13-9(15)4-5-11/h8H,2-7H2,1H3,(H2,12,13,15,16). The third-order valence-corrected chi connectivity index (χ3v) is 2.93. The number of carbonyl (C=O) groups is 2. The van der Waals surface area contributed by atoms with Crippen molar-refractivity contribution in [1.29, 1.82) is 0 Å². The number of likely N-dealkylation sites (N-methyl/N-ethyl adjacent to an activating group) is 1. The highest BCUT2D eigenvalue weighted by molar-refractivity contribution is 6.19. The molecule has 1 saturated heterocycles. The van der Waals surface area contributed by atoms with Crippen molar-refractivity contribution in [1.82, 2.24) is 15.5 Å². The van der Waals surface area contributed by atoms with Crippen molar-refractivity contribution in [3.05, 3.63) is 0 Å². The van der Waals surface area contributed by atoms with Crippen LogP contribution >= 0.6 is 11.6 Å². The molecule has 1 heterocycles. The molecule has 1 fully saturated rings. The monoisotopic (exact) mass is 247 g/mol. The topological polar surface area (TPSA) is 61.4 Å². The van der Waals surface area contributed by atoms with Crippen molar-refractivity contribution in [2.24, 2.45) is 0 Å². The van der Waals surface area contributed by atoms with Crippen molar-refractivity contribution >= 4 is 23.5 Å². The van der Waals surface area contributed by atoms with E-state index in [1.165, 1.54) is 0 Å². The lowest BCUT2D eigenvalue weighted by molar-refractivity contribution is -0.119. The number of rotatable bonds is 4. The summed E-state index contributed by atoms with van der Waals surface area (Å²) in [6.07, 6.45) is 2.42. The predicted octanol–water partition coefficient (Wildman–Crippen LogP) is 0.535. The summed E-state index contributed by atoms with van der Waals surface area (Å²) in [6, 6.07) is -0.0516. The van der Waals surface area contributed by atoms with Crippen LogP contribution in [0.15, 0.2) is 0 Å². The summed E-state index contributed by atoms with van der Waals surface area (Å²) in [5, 5.41) is 4.92. The Morgan fingerprint density at radius 3 is 2.81 bits per heavy atom. The first kappa shape index (κ1) is 13.3. The van der Waals surface area contributed by atoms with Gasteiger partial charge in [0.15, 0.2) is 0 Å². The van der Waals surface area contributed by atoms with Crippen molar-refractivity contribution in [2.45, 2.75) is 25.3 Å². The van der Waals surface area contributed by atoms with Crippen LogP contribution in [-0.2, 0) is 4.79 Å². The number of hydrogen-bond donors (Lipinski definition) is 2. The number of alkyl halides is 1. The van der Waals surface area contributed by atoms with Gasteiger partial charge in [0, 0.05) is 24.9 Å². The van der Waals surface area contributed by atoms with Crippen molar-refractivity contribution < 1.29 is 9.59 Å². The Labute approximate surface area is 101 Å². The van der Waals surface area contributed by atoms with Crippen LogP contribution in [0.4, 0.5) is 4.79 Å². The molecule has 0 aromatic rings. The molecule has 0 bridgehead atoms. The summed E-state index contributed by atoms with van der Waals surface area (Å²) in [5.74, 6) is -0.114. The fraction of sp³-hybridized carbons (Fsp3) is 0.800. The smallest absolute Gasteiger partial charge is 0.321 e. The number of carbonyl (C=O) groups excluding carboxylic acids is 2. The van der Waals surface area contributed by atoms with Crippen molar-refractivity contribution in [3.63, 3.8) is 0 Å². The number of nitrogens with one attached hydrogen (secondary N) is 2. The maximum atomic E-state index is 11.3. The van der Waals surface area contributed by atoms with E-state index in [1.807, 2.05) is 7.05 Å². The van der Waals surface area contributed by atoms with E-state index in [0.717, 1.165) is 19.4 Å². The number of amides is 3. The molecule has 0 aromatic carbocycles. The van der Waals surface area contributed by atoms with Crippen molar-refractivity contribution in [2.75, 3.05) is 26.0 Å². The quantitative estimate of drug-likeness (QED) is 0.713. The van der Waals surface area contributed by atoms with E-state index in [2.05, 4.69) is 15.5 Å². The summed E-state index contributed by atoms with van der Waals surface area (Å²) >= 11 is 5.38. The van der Waals surface area contributed by atoms with Gasteiger partial charge in [-0.3, -0.25) is 10.1 Å². The molecule has 5 nitrogen and oxygen atoms in total. The van der Waals surface area contributed by atoms with Gasteiger partial charge in [0.25, 0.3) is 0 Å². The zero-order valence-corrected chi connectivity index (χ0v) is 10.2. The fourth-order valence-electron chi connectivity index (χ4n) is 1.77. The molecule has 2 N–H and O–H groups in total. The van der Waals surface area contributed by atoms with Gasteiger partial charge < -0.3 is 10.2 Å². The molecule has 1 rings (SSSR count). The Balaban J connectivity index is 2.17. The number of imide groups is 1. The Bertz CT molecular complexity index is 260. The van der Waals surface area contributed by atoms with E-state index >= 15 is 0 Å². The molecule has 0 saturated carbocycles.